The van der Waals surface area contributed by atoms with Gasteiger partial charge in [-0.05, 0) is 12.5 Å². The van der Waals surface area contributed by atoms with Crippen LogP contribution in [0.4, 0.5) is 4.39 Å². The Morgan fingerprint density at radius 1 is 1.41 bits per heavy atom. The molecule has 2 rings (SSSR count). The Balaban J connectivity index is 2.03. The summed E-state index contributed by atoms with van der Waals surface area (Å²) < 4.78 is 13.6. The van der Waals surface area contributed by atoms with Gasteiger partial charge in [-0.3, -0.25) is 4.90 Å². The molecule has 2 N–H and O–H groups in total. The summed E-state index contributed by atoms with van der Waals surface area (Å²) >= 11 is 0. The van der Waals surface area contributed by atoms with Gasteiger partial charge in [0.2, 0.25) is 0 Å². The van der Waals surface area contributed by atoms with E-state index in [1.54, 1.807) is 6.07 Å². The van der Waals surface area contributed by atoms with Gasteiger partial charge in [-0.25, -0.2) is 4.39 Å². The predicted octanol–water partition coefficient (Wildman–Crippen LogP) is 0.982. The Hall–Kier alpha value is -0.970. The first-order valence-electron chi connectivity index (χ1n) is 6.10. The molecule has 1 fully saturated rings. The number of piperazine rings is 1. The molecule has 1 aromatic rings. The van der Waals surface area contributed by atoms with Gasteiger partial charge in [0.05, 0.1) is 0 Å². The van der Waals surface area contributed by atoms with Crippen LogP contribution in [-0.2, 0) is 6.54 Å². The molecule has 1 aromatic carbocycles. The molecule has 0 amide bonds. The first-order chi connectivity index (χ1) is 8.31. The number of halogens is 1. The van der Waals surface area contributed by atoms with Crippen LogP contribution in [0.3, 0.4) is 0 Å². The van der Waals surface area contributed by atoms with Crippen molar-refractivity contribution >= 4 is 0 Å². The molecule has 0 aromatic heterocycles. The number of aliphatic hydroxyl groups is 1. The molecule has 0 bridgehead atoms. The molecule has 0 spiro atoms. The van der Waals surface area contributed by atoms with Gasteiger partial charge in [0.25, 0.3) is 0 Å². The van der Waals surface area contributed by atoms with Crippen LogP contribution in [0.25, 0.3) is 0 Å². The molecule has 4 heteroatoms. The molecule has 17 heavy (non-hydrogen) atoms. The third-order valence-electron chi connectivity index (χ3n) is 3.27. The van der Waals surface area contributed by atoms with Crippen LogP contribution < -0.4 is 5.32 Å². The van der Waals surface area contributed by atoms with Crippen molar-refractivity contribution in [1.82, 2.24) is 10.2 Å². The molecule has 0 aliphatic carbocycles. The van der Waals surface area contributed by atoms with Crippen molar-refractivity contribution in [1.29, 1.82) is 0 Å². The van der Waals surface area contributed by atoms with Gasteiger partial charge in [0.15, 0.2) is 0 Å². The fourth-order valence-corrected chi connectivity index (χ4v) is 2.29. The SMILES string of the molecule is OCC[C@H]1CNCCN1Cc1ccccc1F. The number of hydrogen-bond acceptors (Lipinski definition) is 3. The normalized spacial score (nSPS) is 21.6. The maximum atomic E-state index is 13.6. The molecule has 1 aliphatic heterocycles. The standard InChI is InChI=1S/C13H19FN2O/c14-13-4-2-1-3-11(13)10-16-7-6-15-9-12(16)5-8-17/h1-4,12,15,17H,5-10H2/t12-/m0/s1. The highest BCUT2D eigenvalue weighted by Crippen LogP contribution is 2.14. The maximum Gasteiger partial charge on any atom is 0.127 e. The molecule has 0 radical (unpaired) electrons. The first kappa shape index (κ1) is 12.5. The van der Waals surface area contributed by atoms with Crippen LogP contribution in [0.1, 0.15) is 12.0 Å². The van der Waals surface area contributed by atoms with Crippen molar-refractivity contribution < 1.29 is 9.50 Å². The van der Waals surface area contributed by atoms with Crippen LogP contribution in [-0.4, -0.2) is 42.3 Å². The number of hydrogen-bond donors (Lipinski definition) is 2. The zero-order chi connectivity index (χ0) is 12.1. The Kier molecular flexibility index (Phi) is 4.48. The smallest absolute Gasteiger partial charge is 0.127 e. The minimum atomic E-state index is -0.145. The predicted molar refractivity (Wildman–Crippen MR) is 65.2 cm³/mol. The zero-order valence-corrected chi connectivity index (χ0v) is 9.90. The van der Waals surface area contributed by atoms with Gasteiger partial charge in [-0.1, -0.05) is 18.2 Å². The van der Waals surface area contributed by atoms with Gasteiger partial charge >= 0.3 is 0 Å². The zero-order valence-electron chi connectivity index (χ0n) is 9.90. The number of rotatable bonds is 4. The molecular formula is C13H19FN2O. The molecule has 1 aliphatic rings. The lowest BCUT2D eigenvalue weighted by atomic mass is 10.1. The Morgan fingerprint density at radius 2 is 2.24 bits per heavy atom. The fourth-order valence-electron chi connectivity index (χ4n) is 2.29. The maximum absolute atomic E-state index is 13.6. The molecule has 0 unspecified atom stereocenters. The summed E-state index contributed by atoms with van der Waals surface area (Å²) in [7, 11) is 0. The van der Waals surface area contributed by atoms with Gasteiger partial charge in [-0.15, -0.1) is 0 Å². The van der Waals surface area contributed by atoms with Crippen molar-refractivity contribution in [3.63, 3.8) is 0 Å². The van der Waals surface area contributed by atoms with Crippen molar-refractivity contribution in [2.45, 2.75) is 19.0 Å². The van der Waals surface area contributed by atoms with E-state index in [0.29, 0.717) is 12.6 Å². The van der Waals surface area contributed by atoms with Crippen molar-refractivity contribution in [2.24, 2.45) is 0 Å². The number of nitrogens with one attached hydrogen (secondary N) is 1. The molecular weight excluding hydrogens is 219 g/mol. The van der Waals surface area contributed by atoms with E-state index in [-0.39, 0.29) is 12.4 Å². The third kappa shape index (κ3) is 3.25. The lowest BCUT2D eigenvalue weighted by Crippen LogP contribution is -2.51. The topological polar surface area (TPSA) is 35.5 Å². The lowest BCUT2D eigenvalue weighted by molar-refractivity contribution is 0.122. The second kappa shape index (κ2) is 6.10. The third-order valence-corrected chi connectivity index (χ3v) is 3.27. The average molecular weight is 238 g/mol. The highest BCUT2D eigenvalue weighted by Gasteiger charge is 2.22. The Bertz CT molecular complexity index is 357. The van der Waals surface area contributed by atoms with Crippen LogP contribution in [0.5, 0.6) is 0 Å². The van der Waals surface area contributed by atoms with E-state index in [4.69, 9.17) is 5.11 Å². The molecule has 1 saturated heterocycles. The lowest BCUT2D eigenvalue weighted by Gasteiger charge is -2.36. The van der Waals surface area contributed by atoms with Gasteiger partial charge in [0.1, 0.15) is 5.82 Å². The van der Waals surface area contributed by atoms with Crippen LogP contribution >= 0.6 is 0 Å². The summed E-state index contributed by atoms with van der Waals surface area (Å²) in [5.41, 5.74) is 0.734. The fraction of sp³-hybridized carbons (Fsp3) is 0.538. The van der Waals surface area contributed by atoms with Crippen LogP contribution in [0.15, 0.2) is 24.3 Å². The van der Waals surface area contributed by atoms with Crippen LogP contribution in [0, 0.1) is 5.82 Å². The highest BCUT2D eigenvalue weighted by molar-refractivity contribution is 5.17. The monoisotopic (exact) mass is 238 g/mol. The van der Waals surface area contributed by atoms with E-state index in [1.165, 1.54) is 6.07 Å². The summed E-state index contributed by atoms with van der Waals surface area (Å²) in [6, 6.07) is 7.20. The quantitative estimate of drug-likeness (QED) is 0.821. The van der Waals surface area contributed by atoms with E-state index in [1.807, 2.05) is 12.1 Å². The second-order valence-electron chi connectivity index (χ2n) is 4.43. The molecule has 1 heterocycles. The summed E-state index contributed by atoms with van der Waals surface area (Å²) in [4.78, 5) is 2.24. The van der Waals surface area contributed by atoms with E-state index in [2.05, 4.69) is 10.2 Å². The average Bonchev–Trinajstić information content (AvgIpc) is 2.35. The van der Waals surface area contributed by atoms with Crippen LogP contribution in [0.2, 0.25) is 0 Å². The van der Waals surface area contributed by atoms with Crippen molar-refractivity contribution in [3.05, 3.63) is 35.6 Å². The second-order valence-corrected chi connectivity index (χ2v) is 4.43. The molecule has 3 nitrogen and oxygen atoms in total. The van der Waals surface area contributed by atoms with Crippen molar-refractivity contribution in [3.8, 4) is 0 Å². The van der Waals surface area contributed by atoms with Gasteiger partial charge in [0, 0.05) is 44.4 Å². The molecule has 1 atom stereocenters. The number of benzene rings is 1. The first-order valence-corrected chi connectivity index (χ1v) is 6.10. The Morgan fingerprint density at radius 3 is 3.00 bits per heavy atom. The Labute approximate surface area is 101 Å². The summed E-state index contributed by atoms with van der Waals surface area (Å²) in [6.45, 7) is 3.50. The largest absolute Gasteiger partial charge is 0.396 e. The minimum Gasteiger partial charge on any atom is -0.396 e. The van der Waals surface area contributed by atoms with E-state index in [0.717, 1.165) is 31.6 Å². The molecule has 0 saturated carbocycles. The number of aliphatic hydroxyl groups excluding tert-OH is 1. The number of nitrogens with zero attached hydrogens (tertiary/aromatic N) is 1. The van der Waals surface area contributed by atoms with Gasteiger partial charge in [-0.2, -0.15) is 0 Å². The summed E-state index contributed by atoms with van der Waals surface area (Å²) in [5.74, 6) is -0.145. The summed E-state index contributed by atoms with van der Waals surface area (Å²) in [5, 5.41) is 12.3. The minimum absolute atomic E-state index is 0.145. The van der Waals surface area contributed by atoms with E-state index in [9.17, 15) is 4.39 Å². The molecule has 94 valence electrons. The van der Waals surface area contributed by atoms with Gasteiger partial charge < -0.3 is 10.4 Å². The van der Waals surface area contributed by atoms with E-state index < -0.39 is 0 Å². The summed E-state index contributed by atoms with van der Waals surface area (Å²) in [6.07, 6.45) is 0.738. The van der Waals surface area contributed by atoms with E-state index >= 15 is 0 Å². The highest BCUT2D eigenvalue weighted by atomic mass is 19.1. The van der Waals surface area contributed by atoms with Crippen molar-refractivity contribution in [2.75, 3.05) is 26.2 Å².